The number of benzene rings is 1. The van der Waals surface area contributed by atoms with Crippen LogP contribution in [0.25, 0.3) is 16.6 Å². The van der Waals surface area contributed by atoms with Crippen molar-refractivity contribution in [1.29, 1.82) is 0 Å². The lowest BCUT2D eigenvalue weighted by atomic mass is 10.0. The maximum absolute atomic E-state index is 12.7. The van der Waals surface area contributed by atoms with Gasteiger partial charge in [-0.15, -0.1) is 5.17 Å². The standard InChI is InChI=1S/C25H32N8O2/c26-20-6-2-3-7-22(20)33(27)35-25-19-16-21(30-24(19)28-17-29-25)18-8-14-32(15-9-18)23(34)10-13-31-11-4-1-5-12-31/h2-3,6-8,16-17H,1,4-5,9-15,26-27H2,(H,28,29,30)/p+1. The monoisotopic (exact) mass is 477 g/mol. The first-order chi connectivity index (χ1) is 17.1. The average molecular weight is 478 g/mol. The molecule has 0 radical (unpaired) electrons. The molecule has 3 aromatic rings. The molecular weight excluding hydrogens is 444 g/mol. The third kappa shape index (κ3) is 5.23. The van der Waals surface area contributed by atoms with Crippen molar-refractivity contribution in [3.63, 3.8) is 0 Å². The molecule has 0 atom stereocenters. The molecule has 6 N–H and O–H groups in total. The number of nitrogens with zero attached hydrogens (tertiary/aromatic N) is 4. The molecule has 0 unspecified atom stereocenters. The molecule has 2 aliphatic rings. The molecule has 10 nitrogen and oxygen atoms in total. The molecule has 184 valence electrons. The van der Waals surface area contributed by atoms with E-state index in [1.807, 2.05) is 23.1 Å². The molecule has 1 fully saturated rings. The minimum Gasteiger partial charge on any atom is -0.397 e. The third-order valence-corrected chi connectivity index (χ3v) is 6.79. The largest absolute Gasteiger partial charge is 0.397 e. The molecule has 5 rings (SSSR count). The molecule has 35 heavy (non-hydrogen) atoms. The van der Waals surface area contributed by atoms with Crippen molar-refractivity contribution in [3.8, 4) is 5.88 Å². The Labute approximate surface area is 204 Å². The van der Waals surface area contributed by atoms with Gasteiger partial charge in [0.15, 0.2) is 0 Å². The number of nitrogens with two attached hydrogens (primary N) is 2. The van der Waals surface area contributed by atoms with Gasteiger partial charge in [-0.25, -0.2) is 10.8 Å². The number of amides is 1. The summed E-state index contributed by atoms with van der Waals surface area (Å²) >= 11 is 0. The molecule has 10 heteroatoms. The number of hydrogen-bond donors (Lipinski definition) is 3. The maximum atomic E-state index is 12.7. The van der Waals surface area contributed by atoms with Crippen molar-refractivity contribution < 1.29 is 14.6 Å². The van der Waals surface area contributed by atoms with Gasteiger partial charge in [-0.2, -0.15) is 0 Å². The summed E-state index contributed by atoms with van der Waals surface area (Å²) in [6.45, 7) is 4.44. The molecule has 1 aromatic carbocycles. The number of hydrazine groups is 1. The van der Waals surface area contributed by atoms with Crippen LogP contribution in [0.5, 0.6) is 5.88 Å². The number of fused-ring (bicyclic) bond motifs is 1. The quantitative estimate of drug-likeness (QED) is 0.270. The van der Waals surface area contributed by atoms with Gasteiger partial charge in [0.2, 0.25) is 5.91 Å². The fourth-order valence-corrected chi connectivity index (χ4v) is 4.77. The molecule has 2 aliphatic heterocycles. The van der Waals surface area contributed by atoms with Gasteiger partial charge in [-0.1, -0.05) is 24.6 Å². The number of hydrogen-bond acceptors (Lipinski definition) is 7. The van der Waals surface area contributed by atoms with E-state index in [0.717, 1.165) is 47.9 Å². The maximum Gasteiger partial charge on any atom is 0.324 e. The van der Waals surface area contributed by atoms with Crippen LogP contribution < -0.4 is 26.6 Å². The summed E-state index contributed by atoms with van der Waals surface area (Å²) in [5, 5.41) is 1.91. The van der Waals surface area contributed by atoms with Crippen molar-refractivity contribution in [2.24, 2.45) is 5.84 Å². The molecule has 0 bridgehead atoms. The third-order valence-electron chi connectivity index (χ3n) is 6.79. The predicted octanol–water partition coefficient (Wildman–Crippen LogP) is 2.12. The van der Waals surface area contributed by atoms with Crippen molar-refractivity contribution in [2.75, 3.05) is 43.6 Å². The highest BCUT2D eigenvalue weighted by atomic mass is 16.7. The van der Waals surface area contributed by atoms with Crippen LogP contribution in [0.15, 0.2) is 42.7 Å². The van der Waals surface area contributed by atoms with Crippen LogP contribution >= 0.6 is 0 Å². The second-order valence-corrected chi connectivity index (χ2v) is 9.12. The fourth-order valence-electron chi connectivity index (χ4n) is 4.77. The minimum absolute atomic E-state index is 0.234. The minimum atomic E-state index is 0.234. The first-order valence-corrected chi connectivity index (χ1v) is 12.2. The van der Waals surface area contributed by atoms with Crippen molar-refractivity contribution >= 4 is 33.9 Å². The van der Waals surface area contributed by atoms with Crippen LogP contribution in [0.3, 0.4) is 0 Å². The van der Waals surface area contributed by atoms with Crippen molar-refractivity contribution in [2.45, 2.75) is 32.1 Å². The number of para-hydroxylation sites is 2. The average Bonchev–Trinajstić information content (AvgIpc) is 3.34. The van der Waals surface area contributed by atoms with E-state index < -0.39 is 0 Å². The Morgan fingerprint density at radius 3 is 2.80 bits per heavy atom. The van der Waals surface area contributed by atoms with E-state index in [2.05, 4.69) is 25.9 Å². The lowest BCUT2D eigenvalue weighted by molar-refractivity contribution is -0.397. The highest BCUT2D eigenvalue weighted by molar-refractivity contribution is 5.85. The van der Waals surface area contributed by atoms with E-state index >= 15 is 0 Å². The number of likely N-dealkylation sites (tertiary alicyclic amines) is 1. The lowest BCUT2D eigenvalue weighted by Gasteiger charge is -2.29. The van der Waals surface area contributed by atoms with Crippen LogP contribution in [0.2, 0.25) is 0 Å². The Balaban J connectivity index is 1.24. The number of nitrogen functional groups attached to an aromatic ring is 1. The van der Waals surface area contributed by atoms with Gasteiger partial charge in [0.1, 0.15) is 11.1 Å². The van der Waals surface area contributed by atoms with E-state index in [0.29, 0.717) is 42.4 Å². The number of aromatic nitrogens is 3. The summed E-state index contributed by atoms with van der Waals surface area (Å²) in [4.78, 5) is 33.7. The van der Waals surface area contributed by atoms with Gasteiger partial charge in [0.25, 0.3) is 12.0 Å². The Hall–Kier alpha value is -3.63. The number of piperidine rings is 1. The van der Waals surface area contributed by atoms with E-state index in [1.54, 1.807) is 18.5 Å². The summed E-state index contributed by atoms with van der Waals surface area (Å²) in [5.74, 6) is 6.80. The summed E-state index contributed by atoms with van der Waals surface area (Å²) in [5.41, 5.74) is 9.88. The number of anilines is 2. The summed E-state index contributed by atoms with van der Waals surface area (Å²) in [6.07, 6.45) is 8.86. The zero-order valence-corrected chi connectivity index (χ0v) is 19.9. The van der Waals surface area contributed by atoms with E-state index in [9.17, 15) is 4.79 Å². The zero-order chi connectivity index (χ0) is 24.2. The smallest absolute Gasteiger partial charge is 0.324 e. The molecule has 0 aliphatic carbocycles. The second-order valence-electron chi connectivity index (χ2n) is 9.12. The van der Waals surface area contributed by atoms with Crippen LogP contribution in [0.1, 0.15) is 37.8 Å². The van der Waals surface area contributed by atoms with Crippen molar-refractivity contribution in [1.82, 2.24) is 19.8 Å². The highest BCUT2D eigenvalue weighted by Gasteiger charge is 2.23. The molecule has 0 saturated carbocycles. The van der Waals surface area contributed by atoms with Gasteiger partial charge in [-0.05, 0) is 61.1 Å². The topological polar surface area (TPSA) is 131 Å². The Bertz CT molecular complexity index is 1220. The summed E-state index contributed by atoms with van der Waals surface area (Å²) in [7, 11) is 0. The van der Waals surface area contributed by atoms with Gasteiger partial charge in [0, 0.05) is 31.7 Å². The van der Waals surface area contributed by atoms with Crippen LogP contribution in [0, 0.1) is 0 Å². The van der Waals surface area contributed by atoms with Gasteiger partial charge in [-0.3, -0.25) is 4.79 Å². The normalized spacial score (nSPS) is 16.8. The molecule has 1 amide bonds. The Morgan fingerprint density at radius 2 is 2.03 bits per heavy atom. The van der Waals surface area contributed by atoms with Gasteiger partial charge >= 0.3 is 5.88 Å². The molecule has 1 saturated heterocycles. The number of rotatable bonds is 7. The Kier molecular flexibility index (Phi) is 6.82. The molecule has 4 heterocycles. The highest BCUT2D eigenvalue weighted by Crippen LogP contribution is 2.29. The predicted molar refractivity (Wildman–Crippen MR) is 135 cm³/mol. The number of aromatic amines is 2. The second kappa shape index (κ2) is 10.3. The number of carbonyl (C=O) groups excluding carboxylic acids is 1. The molecule has 2 aromatic heterocycles. The van der Waals surface area contributed by atoms with Gasteiger partial charge < -0.3 is 25.4 Å². The van der Waals surface area contributed by atoms with Crippen molar-refractivity contribution in [3.05, 3.63) is 48.4 Å². The SMILES string of the molecule is Nc1ccccc1N(N)Oc1[nH+]cnc2[nH]c(C3=CCN(C(=O)CCN4CCCCC4)CC3)cc12. The summed E-state index contributed by atoms with van der Waals surface area (Å²) < 4.78 is 0. The number of carbonyl (C=O) groups is 1. The molecule has 0 spiro atoms. The lowest BCUT2D eigenvalue weighted by Crippen LogP contribution is -2.38. The van der Waals surface area contributed by atoms with Crippen LogP contribution in [-0.4, -0.2) is 58.4 Å². The zero-order valence-electron chi connectivity index (χ0n) is 19.9. The first-order valence-electron chi connectivity index (χ1n) is 12.2. The number of nitrogens with one attached hydrogen (secondary N) is 2. The fraction of sp³-hybridized carbons (Fsp3) is 0.400. The van der Waals surface area contributed by atoms with Crippen LogP contribution in [0.4, 0.5) is 11.4 Å². The summed E-state index contributed by atoms with van der Waals surface area (Å²) in [6, 6.07) is 9.21. The van der Waals surface area contributed by atoms with Gasteiger partial charge in [0.05, 0.1) is 5.69 Å². The Morgan fingerprint density at radius 1 is 1.20 bits per heavy atom. The van der Waals surface area contributed by atoms with Crippen LogP contribution in [-0.2, 0) is 4.79 Å². The molecular formula is C25H33N8O2+. The van der Waals surface area contributed by atoms with E-state index in [1.165, 1.54) is 19.3 Å². The van der Waals surface area contributed by atoms with E-state index in [4.69, 9.17) is 16.4 Å². The first kappa shape index (κ1) is 23.1. The number of H-pyrrole nitrogens is 2. The van der Waals surface area contributed by atoms with E-state index in [-0.39, 0.29) is 5.91 Å².